The number of nitrogens with two attached hydrogens (primary N) is 1. The summed E-state index contributed by atoms with van der Waals surface area (Å²) in [7, 11) is 2.02. The Labute approximate surface area is 91.5 Å². The molecule has 0 saturated heterocycles. The maximum Gasteiger partial charge on any atom is 0.225 e. The normalized spacial score (nSPS) is 10.3. The van der Waals surface area contributed by atoms with Gasteiger partial charge >= 0.3 is 0 Å². The minimum atomic E-state index is 0.471. The van der Waals surface area contributed by atoms with Crippen LogP contribution in [0.3, 0.4) is 0 Å². The highest BCUT2D eigenvalue weighted by atomic mass is 15.2. The topological polar surface area (TPSA) is 55.0 Å². The summed E-state index contributed by atoms with van der Waals surface area (Å²) < 4.78 is 0. The third kappa shape index (κ3) is 3.83. The van der Waals surface area contributed by atoms with Gasteiger partial charge in [-0.2, -0.15) is 0 Å². The van der Waals surface area contributed by atoms with Crippen LogP contribution in [0.2, 0.25) is 0 Å². The van der Waals surface area contributed by atoms with E-state index in [1.807, 2.05) is 13.1 Å². The van der Waals surface area contributed by atoms with E-state index >= 15 is 0 Å². The van der Waals surface area contributed by atoms with Crippen molar-refractivity contribution in [1.29, 1.82) is 0 Å². The number of aromatic nitrogens is 2. The molecule has 2 N–H and O–H groups in total. The second kappa shape index (κ2) is 6.35. The van der Waals surface area contributed by atoms with Gasteiger partial charge < -0.3 is 10.6 Å². The monoisotopic (exact) mass is 208 g/mol. The molecule has 1 heterocycles. The van der Waals surface area contributed by atoms with E-state index in [4.69, 9.17) is 5.73 Å². The van der Waals surface area contributed by atoms with Gasteiger partial charge in [-0.15, -0.1) is 0 Å². The Hall–Kier alpha value is -1.16. The number of nitrogens with zero attached hydrogens (tertiary/aromatic N) is 3. The molecule has 84 valence electrons. The lowest BCUT2D eigenvalue weighted by Gasteiger charge is -2.16. The average molecular weight is 208 g/mol. The molecule has 15 heavy (non-hydrogen) atoms. The Morgan fingerprint density at radius 2 is 2.20 bits per heavy atom. The maximum absolute atomic E-state index is 5.53. The zero-order valence-electron chi connectivity index (χ0n) is 9.61. The molecule has 0 spiro atoms. The summed E-state index contributed by atoms with van der Waals surface area (Å²) in [5, 5.41) is 0. The lowest BCUT2D eigenvalue weighted by atomic mass is 10.2. The van der Waals surface area contributed by atoms with Crippen molar-refractivity contribution in [3.05, 3.63) is 18.0 Å². The first-order valence-corrected chi connectivity index (χ1v) is 5.51. The van der Waals surface area contributed by atoms with Crippen molar-refractivity contribution in [2.75, 3.05) is 18.5 Å². The minimum absolute atomic E-state index is 0.471. The van der Waals surface area contributed by atoms with Crippen LogP contribution in [0.4, 0.5) is 5.95 Å². The molecule has 0 aliphatic rings. The third-order valence-corrected chi connectivity index (χ3v) is 2.35. The summed E-state index contributed by atoms with van der Waals surface area (Å²) in [6.45, 7) is 3.67. The van der Waals surface area contributed by atoms with Crippen molar-refractivity contribution in [2.24, 2.45) is 5.73 Å². The van der Waals surface area contributed by atoms with Crippen LogP contribution in [0.5, 0.6) is 0 Å². The smallest absolute Gasteiger partial charge is 0.225 e. The van der Waals surface area contributed by atoms with Gasteiger partial charge in [0.25, 0.3) is 0 Å². The van der Waals surface area contributed by atoms with Crippen molar-refractivity contribution >= 4 is 5.95 Å². The van der Waals surface area contributed by atoms with Crippen LogP contribution in [-0.4, -0.2) is 23.6 Å². The number of hydrogen-bond donors (Lipinski definition) is 1. The summed E-state index contributed by atoms with van der Waals surface area (Å²) in [4.78, 5) is 10.7. The van der Waals surface area contributed by atoms with E-state index in [1.54, 1.807) is 6.20 Å². The van der Waals surface area contributed by atoms with Crippen LogP contribution in [0.15, 0.2) is 12.3 Å². The molecule has 0 aromatic carbocycles. The van der Waals surface area contributed by atoms with Gasteiger partial charge in [0.15, 0.2) is 0 Å². The molecule has 1 aromatic rings. The van der Waals surface area contributed by atoms with E-state index in [0.29, 0.717) is 6.54 Å². The van der Waals surface area contributed by atoms with Crippen LogP contribution in [0.1, 0.15) is 31.9 Å². The highest BCUT2D eigenvalue weighted by molar-refractivity contribution is 5.28. The fourth-order valence-electron chi connectivity index (χ4n) is 1.38. The molecule has 0 unspecified atom stereocenters. The van der Waals surface area contributed by atoms with Crippen molar-refractivity contribution in [2.45, 2.75) is 32.7 Å². The summed E-state index contributed by atoms with van der Waals surface area (Å²) in [5.74, 6) is 0.772. The largest absolute Gasteiger partial charge is 0.344 e. The van der Waals surface area contributed by atoms with Gasteiger partial charge in [0.05, 0.1) is 5.69 Å². The highest BCUT2D eigenvalue weighted by Crippen LogP contribution is 2.06. The number of rotatable bonds is 6. The van der Waals surface area contributed by atoms with E-state index in [1.165, 1.54) is 19.3 Å². The molecule has 0 fully saturated rings. The van der Waals surface area contributed by atoms with Crippen LogP contribution in [0, 0.1) is 0 Å². The molecule has 1 aromatic heterocycles. The zero-order chi connectivity index (χ0) is 11.1. The van der Waals surface area contributed by atoms with E-state index < -0.39 is 0 Å². The standard InChI is InChI=1S/C11H20N4/c1-3-4-5-8-15(2)11-13-7-6-10(9-12)14-11/h6-7H,3-5,8-9,12H2,1-2H3. The highest BCUT2D eigenvalue weighted by Gasteiger charge is 2.03. The Morgan fingerprint density at radius 3 is 2.87 bits per heavy atom. The molecule has 0 atom stereocenters. The summed E-state index contributed by atoms with van der Waals surface area (Å²) in [5.41, 5.74) is 6.42. The zero-order valence-corrected chi connectivity index (χ0v) is 9.61. The molecular weight excluding hydrogens is 188 g/mol. The molecule has 4 nitrogen and oxygen atoms in total. The van der Waals surface area contributed by atoms with Gasteiger partial charge in [-0.3, -0.25) is 0 Å². The van der Waals surface area contributed by atoms with Gasteiger partial charge in [0.1, 0.15) is 0 Å². The maximum atomic E-state index is 5.53. The number of unbranched alkanes of at least 4 members (excludes halogenated alkanes) is 2. The predicted octanol–water partition coefficient (Wildman–Crippen LogP) is 1.56. The van der Waals surface area contributed by atoms with Crippen LogP contribution in [0.25, 0.3) is 0 Å². The van der Waals surface area contributed by atoms with E-state index in [0.717, 1.165) is 18.2 Å². The Balaban J connectivity index is 2.52. The van der Waals surface area contributed by atoms with E-state index in [2.05, 4.69) is 21.8 Å². The first-order chi connectivity index (χ1) is 7.27. The number of anilines is 1. The quantitative estimate of drug-likeness (QED) is 0.721. The molecule has 1 rings (SSSR count). The van der Waals surface area contributed by atoms with Crippen LogP contribution < -0.4 is 10.6 Å². The molecule has 0 bridgehead atoms. The van der Waals surface area contributed by atoms with Crippen molar-refractivity contribution in [3.63, 3.8) is 0 Å². The third-order valence-electron chi connectivity index (χ3n) is 2.35. The lowest BCUT2D eigenvalue weighted by molar-refractivity contribution is 0.694. The fourth-order valence-corrected chi connectivity index (χ4v) is 1.38. The molecule has 0 aliphatic heterocycles. The van der Waals surface area contributed by atoms with Crippen molar-refractivity contribution in [3.8, 4) is 0 Å². The molecule has 0 radical (unpaired) electrons. The van der Waals surface area contributed by atoms with Gasteiger partial charge in [-0.1, -0.05) is 19.8 Å². The van der Waals surface area contributed by atoms with Gasteiger partial charge in [0, 0.05) is 26.3 Å². The molecular formula is C11H20N4. The molecule has 0 saturated carbocycles. The van der Waals surface area contributed by atoms with Gasteiger partial charge in [-0.25, -0.2) is 9.97 Å². The first-order valence-electron chi connectivity index (χ1n) is 5.51. The van der Waals surface area contributed by atoms with Gasteiger partial charge in [-0.05, 0) is 12.5 Å². The second-order valence-electron chi connectivity index (χ2n) is 3.68. The Kier molecular flexibility index (Phi) is 5.04. The van der Waals surface area contributed by atoms with Crippen LogP contribution >= 0.6 is 0 Å². The summed E-state index contributed by atoms with van der Waals surface area (Å²) in [6.07, 6.45) is 5.43. The van der Waals surface area contributed by atoms with Crippen LogP contribution in [-0.2, 0) is 6.54 Å². The lowest BCUT2D eigenvalue weighted by Crippen LogP contribution is -2.21. The minimum Gasteiger partial charge on any atom is -0.344 e. The molecule has 0 aliphatic carbocycles. The predicted molar refractivity (Wildman–Crippen MR) is 62.7 cm³/mol. The summed E-state index contributed by atoms with van der Waals surface area (Å²) in [6, 6.07) is 1.85. The molecule has 4 heteroatoms. The number of hydrogen-bond acceptors (Lipinski definition) is 4. The Bertz CT molecular complexity index is 288. The second-order valence-corrected chi connectivity index (χ2v) is 3.68. The fraction of sp³-hybridized carbons (Fsp3) is 0.636. The van der Waals surface area contributed by atoms with E-state index in [-0.39, 0.29) is 0 Å². The first kappa shape index (κ1) is 11.9. The Morgan fingerprint density at radius 1 is 1.40 bits per heavy atom. The summed E-state index contributed by atoms with van der Waals surface area (Å²) >= 11 is 0. The van der Waals surface area contributed by atoms with E-state index in [9.17, 15) is 0 Å². The molecule has 0 amide bonds. The van der Waals surface area contributed by atoms with Crippen molar-refractivity contribution in [1.82, 2.24) is 9.97 Å². The van der Waals surface area contributed by atoms with Gasteiger partial charge in [0.2, 0.25) is 5.95 Å². The average Bonchev–Trinajstić information content (AvgIpc) is 2.29. The van der Waals surface area contributed by atoms with Crippen molar-refractivity contribution < 1.29 is 0 Å². The SMILES string of the molecule is CCCCCN(C)c1nccc(CN)n1.